The van der Waals surface area contributed by atoms with E-state index in [2.05, 4.69) is 10.0 Å². The first-order valence-corrected chi connectivity index (χ1v) is 14.7. The van der Waals surface area contributed by atoms with E-state index in [9.17, 15) is 21.6 Å². The third-order valence-corrected chi connectivity index (χ3v) is 9.33. The first-order valence-electron chi connectivity index (χ1n) is 11.4. The van der Waals surface area contributed by atoms with Gasteiger partial charge in [-0.25, -0.2) is 16.8 Å². The molecule has 0 radical (unpaired) electrons. The van der Waals surface area contributed by atoms with Gasteiger partial charge in [-0.3, -0.25) is 4.79 Å². The smallest absolute Gasteiger partial charge is 0.243 e. The summed E-state index contributed by atoms with van der Waals surface area (Å²) >= 11 is 6.08. The molecule has 0 bridgehead atoms. The molecule has 1 amide bonds. The SMILES string of the molecule is CCOc1ccc(S(=O)(=O)N[C@@H](C)C(=O)NCc2ccc(S(=O)(=O)N3CCCCC3)cc2)cc1Cl. The summed E-state index contributed by atoms with van der Waals surface area (Å²) < 4.78 is 59.9. The molecule has 1 aliphatic heterocycles. The molecule has 3 rings (SSSR count). The maximum absolute atomic E-state index is 12.8. The number of nitrogens with zero attached hydrogens (tertiary/aromatic N) is 1. The van der Waals surface area contributed by atoms with Crippen LogP contribution in [-0.2, 0) is 31.4 Å². The van der Waals surface area contributed by atoms with Crippen LogP contribution in [0.25, 0.3) is 0 Å². The Balaban J connectivity index is 1.57. The van der Waals surface area contributed by atoms with Crippen LogP contribution in [0.15, 0.2) is 52.3 Å². The fourth-order valence-corrected chi connectivity index (χ4v) is 6.70. The van der Waals surface area contributed by atoms with Crippen LogP contribution in [0, 0.1) is 0 Å². The molecule has 1 fully saturated rings. The topological polar surface area (TPSA) is 122 Å². The number of amides is 1. The standard InChI is InChI=1S/C23H30ClN3O6S2/c1-3-33-22-12-11-20(15-21(22)24)34(29,30)26-17(2)23(28)25-16-18-7-9-19(10-8-18)35(31,32)27-13-5-4-6-14-27/h7-12,15,17,26H,3-6,13-14,16H2,1-2H3,(H,25,28)/t17-/m0/s1. The molecule has 0 aromatic heterocycles. The van der Waals surface area contributed by atoms with Crippen molar-refractivity contribution in [1.82, 2.24) is 14.3 Å². The zero-order valence-electron chi connectivity index (χ0n) is 19.7. The quantitative estimate of drug-likeness (QED) is 0.475. The van der Waals surface area contributed by atoms with Crippen LogP contribution in [-0.4, -0.2) is 52.8 Å². The second-order valence-electron chi connectivity index (χ2n) is 8.19. The summed E-state index contributed by atoms with van der Waals surface area (Å²) in [6.07, 6.45) is 2.75. The summed E-state index contributed by atoms with van der Waals surface area (Å²) in [5.41, 5.74) is 0.685. The average molecular weight is 544 g/mol. The van der Waals surface area contributed by atoms with Gasteiger partial charge in [0.15, 0.2) is 0 Å². The molecule has 192 valence electrons. The lowest BCUT2D eigenvalue weighted by atomic mass is 10.2. The summed E-state index contributed by atoms with van der Waals surface area (Å²) in [7, 11) is -7.52. The summed E-state index contributed by atoms with van der Waals surface area (Å²) in [6, 6.07) is 9.33. The number of sulfonamides is 2. The van der Waals surface area contributed by atoms with Gasteiger partial charge in [0.1, 0.15) is 5.75 Å². The molecule has 1 aliphatic rings. The van der Waals surface area contributed by atoms with Gasteiger partial charge in [-0.05, 0) is 62.6 Å². The number of carbonyl (C=O) groups is 1. The number of hydrogen-bond acceptors (Lipinski definition) is 6. The highest BCUT2D eigenvalue weighted by molar-refractivity contribution is 7.89. The molecule has 12 heteroatoms. The van der Waals surface area contributed by atoms with E-state index in [0.717, 1.165) is 19.3 Å². The number of carbonyl (C=O) groups excluding carboxylic acids is 1. The van der Waals surface area contributed by atoms with Crippen molar-refractivity contribution >= 4 is 37.6 Å². The van der Waals surface area contributed by atoms with Crippen LogP contribution in [0.4, 0.5) is 0 Å². The fourth-order valence-electron chi connectivity index (χ4n) is 3.65. The lowest BCUT2D eigenvalue weighted by Crippen LogP contribution is -2.44. The maximum atomic E-state index is 12.8. The Labute approximate surface area is 211 Å². The Morgan fingerprint density at radius 1 is 1.03 bits per heavy atom. The third kappa shape index (κ3) is 6.95. The Hall–Kier alpha value is -2.18. The summed E-state index contributed by atoms with van der Waals surface area (Å²) in [6.45, 7) is 4.77. The first-order chi connectivity index (χ1) is 16.5. The lowest BCUT2D eigenvalue weighted by molar-refractivity contribution is -0.122. The van der Waals surface area contributed by atoms with Gasteiger partial charge in [-0.2, -0.15) is 9.03 Å². The zero-order chi connectivity index (χ0) is 25.6. The van der Waals surface area contributed by atoms with Crippen LogP contribution in [0.3, 0.4) is 0 Å². The molecule has 2 aromatic rings. The van der Waals surface area contributed by atoms with Gasteiger partial charge in [-0.1, -0.05) is 30.2 Å². The van der Waals surface area contributed by atoms with E-state index in [1.54, 1.807) is 19.1 Å². The Morgan fingerprint density at radius 2 is 1.66 bits per heavy atom. The molecule has 0 spiro atoms. The molecule has 1 heterocycles. The highest BCUT2D eigenvalue weighted by Crippen LogP contribution is 2.27. The third-order valence-electron chi connectivity index (χ3n) is 5.58. The second kappa shape index (κ2) is 11.7. The zero-order valence-corrected chi connectivity index (χ0v) is 22.0. The Morgan fingerprint density at radius 3 is 2.26 bits per heavy atom. The van der Waals surface area contributed by atoms with E-state index in [1.165, 1.54) is 41.6 Å². The molecule has 1 atom stereocenters. The van der Waals surface area contributed by atoms with Gasteiger partial charge in [0.25, 0.3) is 0 Å². The van der Waals surface area contributed by atoms with Crippen molar-refractivity contribution in [3.05, 3.63) is 53.1 Å². The molecule has 1 saturated heterocycles. The average Bonchev–Trinajstić information content (AvgIpc) is 2.84. The summed E-state index contributed by atoms with van der Waals surface area (Å²) in [4.78, 5) is 12.6. The molecular formula is C23H30ClN3O6S2. The predicted octanol–water partition coefficient (Wildman–Crippen LogP) is 2.90. The van der Waals surface area contributed by atoms with E-state index in [0.29, 0.717) is 31.0 Å². The highest BCUT2D eigenvalue weighted by Gasteiger charge is 2.26. The van der Waals surface area contributed by atoms with Crippen molar-refractivity contribution in [2.24, 2.45) is 0 Å². The van der Waals surface area contributed by atoms with Crippen molar-refractivity contribution in [2.45, 2.75) is 55.5 Å². The second-order valence-corrected chi connectivity index (χ2v) is 12.3. The number of benzene rings is 2. The number of halogens is 1. The van der Waals surface area contributed by atoms with Crippen molar-refractivity contribution in [3.63, 3.8) is 0 Å². The molecule has 35 heavy (non-hydrogen) atoms. The fraction of sp³-hybridized carbons (Fsp3) is 0.435. The Bertz CT molecular complexity index is 1240. The van der Waals surface area contributed by atoms with Gasteiger partial charge in [0.05, 0.1) is 27.5 Å². The summed E-state index contributed by atoms with van der Waals surface area (Å²) in [5.74, 6) is -0.163. The number of ether oxygens (including phenoxy) is 1. The number of nitrogens with one attached hydrogen (secondary N) is 2. The number of piperidine rings is 1. The molecule has 2 aromatic carbocycles. The Kier molecular flexibility index (Phi) is 9.16. The normalized spacial score (nSPS) is 16.0. The van der Waals surface area contributed by atoms with E-state index < -0.39 is 32.0 Å². The largest absolute Gasteiger partial charge is 0.492 e. The van der Waals surface area contributed by atoms with Gasteiger partial charge >= 0.3 is 0 Å². The molecule has 2 N–H and O–H groups in total. The predicted molar refractivity (Wildman–Crippen MR) is 133 cm³/mol. The van der Waals surface area contributed by atoms with Gasteiger partial charge < -0.3 is 10.1 Å². The summed E-state index contributed by atoms with van der Waals surface area (Å²) in [5, 5.41) is 2.81. The number of hydrogen-bond donors (Lipinski definition) is 2. The van der Waals surface area contributed by atoms with Crippen molar-refractivity contribution in [3.8, 4) is 5.75 Å². The molecular weight excluding hydrogens is 514 g/mol. The first kappa shape index (κ1) is 27.4. The van der Waals surface area contributed by atoms with Crippen molar-refractivity contribution in [1.29, 1.82) is 0 Å². The van der Waals surface area contributed by atoms with E-state index >= 15 is 0 Å². The van der Waals surface area contributed by atoms with Crippen LogP contribution in [0.1, 0.15) is 38.7 Å². The minimum atomic E-state index is -4.00. The monoisotopic (exact) mass is 543 g/mol. The van der Waals surface area contributed by atoms with Crippen LogP contribution >= 0.6 is 11.6 Å². The van der Waals surface area contributed by atoms with Crippen molar-refractivity contribution in [2.75, 3.05) is 19.7 Å². The minimum absolute atomic E-state index is 0.0869. The van der Waals surface area contributed by atoms with E-state index in [1.807, 2.05) is 0 Å². The van der Waals surface area contributed by atoms with Gasteiger partial charge in [0, 0.05) is 19.6 Å². The maximum Gasteiger partial charge on any atom is 0.243 e. The van der Waals surface area contributed by atoms with Crippen LogP contribution in [0.2, 0.25) is 5.02 Å². The molecule has 0 unspecified atom stereocenters. The van der Waals surface area contributed by atoms with E-state index in [4.69, 9.17) is 16.3 Å². The lowest BCUT2D eigenvalue weighted by Gasteiger charge is -2.25. The van der Waals surface area contributed by atoms with Crippen molar-refractivity contribution < 1.29 is 26.4 Å². The van der Waals surface area contributed by atoms with Gasteiger partial charge in [-0.15, -0.1) is 0 Å². The minimum Gasteiger partial charge on any atom is -0.492 e. The van der Waals surface area contributed by atoms with Crippen LogP contribution in [0.5, 0.6) is 5.75 Å². The highest BCUT2D eigenvalue weighted by atomic mass is 35.5. The number of rotatable bonds is 10. The molecule has 0 aliphatic carbocycles. The molecule has 9 nitrogen and oxygen atoms in total. The van der Waals surface area contributed by atoms with Gasteiger partial charge in [0.2, 0.25) is 26.0 Å². The molecule has 0 saturated carbocycles. The van der Waals surface area contributed by atoms with E-state index in [-0.39, 0.29) is 21.4 Å². The van der Waals surface area contributed by atoms with Crippen LogP contribution < -0.4 is 14.8 Å².